The van der Waals surface area contributed by atoms with Crippen molar-refractivity contribution in [2.24, 2.45) is 0 Å². The summed E-state index contributed by atoms with van der Waals surface area (Å²) < 4.78 is 31.9. The molecule has 2 N–H and O–H groups in total. The van der Waals surface area contributed by atoms with Gasteiger partial charge in [0.25, 0.3) is 5.69 Å². The highest BCUT2D eigenvalue weighted by molar-refractivity contribution is 7.89. The Labute approximate surface area is 206 Å². The topological polar surface area (TPSA) is 156 Å². The third-order valence-electron chi connectivity index (χ3n) is 5.84. The first-order chi connectivity index (χ1) is 17.1. The van der Waals surface area contributed by atoms with Gasteiger partial charge in [-0.3, -0.25) is 19.8 Å². The molecule has 0 heterocycles. The molecule has 36 heavy (non-hydrogen) atoms. The van der Waals surface area contributed by atoms with E-state index in [4.69, 9.17) is 9.84 Å². The fourth-order valence-corrected chi connectivity index (χ4v) is 5.12. The number of anilines is 1. The standard InChI is InChI=1S/C24H21N3O8S/c1-26(21-11-10-15(12-22(21)27(31)32)36(33,34)25-13-23(28)29)24(30)35-14-20-18-8-4-2-6-16(18)17-7-3-5-9-19(17)20/h2-12,20,25H,13-14H2,1H3,(H,28,29). The van der Waals surface area contributed by atoms with E-state index in [0.29, 0.717) is 0 Å². The molecule has 186 valence electrons. The molecule has 0 atom stereocenters. The van der Waals surface area contributed by atoms with Gasteiger partial charge in [-0.1, -0.05) is 48.5 Å². The molecule has 1 aliphatic rings. The number of aliphatic carboxylic acids is 1. The minimum absolute atomic E-state index is 0.00340. The predicted molar refractivity (Wildman–Crippen MR) is 129 cm³/mol. The summed E-state index contributed by atoms with van der Waals surface area (Å²) in [5.74, 6) is -1.63. The summed E-state index contributed by atoms with van der Waals surface area (Å²) >= 11 is 0. The molecule has 0 aliphatic heterocycles. The highest BCUT2D eigenvalue weighted by Gasteiger charge is 2.31. The fraction of sp³-hybridized carbons (Fsp3) is 0.167. The predicted octanol–water partition coefficient (Wildman–Crippen LogP) is 3.34. The van der Waals surface area contributed by atoms with Crippen LogP contribution in [0.25, 0.3) is 11.1 Å². The minimum atomic E-state index is -4.32. The van der Waals surface area contributed by atoms with Crippen molar-refractivity contribution in [3.05, 3.63) is 88.0 Å². The van der Waals surface area contributed by atoms with Crippen LogP contribution >= 0.6 is 0 Å². The Morgan fingerprint density at radius 3 is 2.19 bits per heavy atom. The number of nitrogens with one attached hydrogen (secondary N) is 1. The highest BCUT2D eigenvalue weighted by Crippen LogP contribution is 2.44. The van der Waals surface area contributed by atoms with E-state index in [1.165, 1.54) is 7.05 Å². The van der Waals surface area contributed by atoms with E-state index < -0.39 is 44.1 Å². The molecule has 0 aromatic heterocycles. The van der Waals surface area contributed by atoms with Crippen molar-refractivity contribution >= 4 is 33.5 Å². The Morgan fingerprint density at radius 2 is 1.64 bits per heavy atom. The Hall–Kier alpha value is -4.29. The van der Waals surface area contributed by atoms with E-state index in [1.807, 2.05) is 53.3 Å². The summed E-state index contributed by atoms with van der Waals surface area (Å²) in [5.41, 5.74) is 3.25. The smallest absolute Gasteiger partial charge is 0.414 e. The number of hydrogen-bond donors (Lipinski definition) is 2. The number of carboxylic acids is 1. The van der Waals surface area contributed by atoms with Crippen molar-refractivity contribution in [1.29, 1.82) is 0 Å². The van der Waals surface area contributed by atoms with Crippen LogP contribution in [0.15, 0.2) is 71.6 Å². The Balaban J connectivity index is 1.55. The summed E-state index contributed by atoms with van der Waals surface area (Å²) in [6, 6.07) is 18.4. The molecule has 3 aromatic rings. The van der Waals surface area contributed by atoms with E-state index in [-0.39, 0.29) is 18.2 Å². The summed E-state index contributed by atoms with van der Waals surface area (Å²) in [7, 11) is -3.05. The largest absolute Gasteiger partial charge is 0.480 e. The number of ether oxygens (including phenoxy) is 1. The molecule has 1 aliphatic carbocycles. The lowest BCUT2D eigenvalue weighted by Gasteiger charge is -2.20. The average Bonchev–Trinajstić information content (AvgIpc) is 3.19. The van der Waals surface area contributed by atoms with Gasteiger partial charge in [0.15, 0.2) is 0 Å². The Kier molecular flexibility index (Phi) is 6.73. The quantitative estimate of drug-likeness (QED) is 0.344. The van der Waals surface area contributed by atoms with E-state index in [0.717, 1.165) is 45.4 Å². The zero-order valence-corrected chi connectivity index (χ0v) is 19.8. The SMILES string of the molecule is CN(C(=O)OCC1c2ccccc2-c2ccccc21)c1ccc(S(=O)(=O)NCC(=O)O)cc1[N+](=O)[O-]. The Morgan fingerprint density at radius 1 is 1.06 bits per heavy atom. The first-order valence-electron chi connectivity index (χ1n) is 10.7. The number of nitro groups is 1. The lowest BCUT2D eigenvalue weighted by atomic mass is 9.98. The molecule has 12 heteroatoms. The van der Waals surface area contributed by atoms with Crippen LogP contribution < -0.4 is 9.62 Å². The number of hydrogen-bond acceptors (Lipinski definition) is 7. The molecule has 3 aromatic carbocycles. The third kappa shape index (κ3) is 4.76. The second kappa shape index (κ2) is 9.76. The summed E-state index contributed by atoms with van der Waals surface area (Å²) in [6.07, 6.45) is -0.862. The van der Waals surface area contributed by atoms with Crippen LogP contribution in [0.2, 0.25) is 0 Å². The molecule has 1 amide bonds. The van der Waals surface area contributed by atoms with E-state index in [9.17, 15) is 28.1 Å². The van der Waals surface area contributed by atoms with Gasteiger partial charge in [-0.15, -0.1) is 0 Å². The molecule has 0 saturated heterocycles. The molecule has 0 radical (unpaired) electrons. The average molecular weight is 512 g/mol. The van der Waals surface area contributed by atoms with Crippen LogP contribution in [0.5, 0.6) is 0 Å². The minimum Gasteiger partial charge on any atom is -0.480 e. The van der Waals surface area contributed by atoms with Crippen molar-refractivity contribution in [2.45, 2.75) is 10.8 Å². The first kappa shape index (κ1) is 24.8. The van der Waals surface area contributed by atoms with Gasteiger partial charge in [0, 0.05) is 19.0 Å². The van der Waals surface area contributed by atoms with E-state index in [2.05, 4.69) is 0 Å². The first-order valence-corrected chi connectivity index (χ1v) is 12.2. The van der Waals surface area contributed by atoms with E-state index in [1.54, 1.807) is 0 Å². The number of carboxylic acid groups (broad SMARTS) is 1. The number of nitro benzene ring substituents is 1. The van der Waals surface area contributed by atoms with Crippen molar-refractivity contribution in [2.75, 3.05) is 25.1 Å². The van der Waals surface area contributed by atoms with Gasteiger partial charge in [0.2, 0.25) is 10.0 Å². The number of carbonyl (C=O) groups is 2. The van der Waals surface area contributed by atoms with Gasteiger partial charge >= 0.3 is 12.1 Å². The lowest BCUT2D eigenvalue weighted by Crippen LogP contribution is -2.30. The van der Waals surface area contributed by atoms with Gasteiger partial charge in [-0.25, -0.2) is 13.2 Å². The zero-order valence-electron chi connectivity index (χ0n) is 19.0. The monoisotopic (exact) mass is 511 g/mol. The van der Waals surface area contributed by atoms with Crippen molar-refractivity contribution in [3.8, 4) is 11.1 Å². The van der Waals surface area contributed by atoms with Gasteiger partial charge in [0.05, 0.1) is 9.82 Å². The van der Waals surface area contributed by atoms with Crippen LogP contribution in [-0.2, 0) is 19.6 Å². The third-order valence-corrected chi connectivity index (χ3v) is 7.24. The molecule has 0 spiro atoms. The van der Waals surface area contributed by atoms with Gasteiger partial charge < -0.3 is 9.84 Å². The molecule has 0 saturated carbocycles. The molecule has 11 nitrogen and oxygen atoms in total. The zero-order chi connectivity index (χ0) is 26.0. The molecule has 0 bridgehead atoms. The van der Waals surface area contributed by atoms with Gasteiger partial charge in [-0.2, -0.15) is 4.72 Å². The molecular formula is C24H21N3O8S. The molecule has 0 unspecified atom stereocenters. The number of nitrogens with zero attached hydrogens (tertiary/aromatic N) is 2. The van der Waals surface area contributed by atoms with Crippen LogP contribution in [0.3, 0.4) is 0 Å². The molecule has 0 fully saturated rings. The summed E-state index contributed by atoms with van der Waals surface area (Å²) in [6.45, 7) is -0.895. The number of carbonyl (C=O) groups excluding carboxylic acids is 1. The number of amides is 1. The van der Waals surface area contributed by atoms with Gasteiger partial charge in [0.1, 0.15) is 18.8 Å². The van der Waals surface area contributed by atoms with Crippen LogP contribution in [-0.4, -0.2) is 50.7 Å². The highest BCUT2D eigenvalue weighted by atomic mass is 32.2. The number of rotatable bonds is 8. The second-order valence-electron chi connectivity index (χ2n) is 7.99. The van der Waals surface area contributed by atoms with Crippen molar-refractivity contribution < 1.29 is 32.8 Å². The Bertz CT molecular complexity index is 1430. The van der Waals surface area contributed by atoms with Gasteiger partial charge in [-0.05, 0) is 34.4 Å². The van der Waals surface area contributed by atoms with Crippen LogP contribution in [0.4, 0.5) is 16.2 Å². The molecule has 4 rings (SSSR count). The van der Waals surface area contributed by atoms with Crippen molar-refractivity contribution in [1.82, 2.24) is 4.72 Å². The lowest BCUT2D eigenvalue weighted by molar-refractivity contribution is -0.384. The van der Waals surface area contributed by atoms with Crippen molar-refractivity contribution in [3.63, 3.8) is 0 Å². The van der Waals surface area contributed by atoms with Crippen LogP contribution in [0, 0.1) is 10.1 Å². The summed E-state index contributed by atoms with van der Waals surface area (Å²) in [4.78, 5) is 34.7. The summed E-state index contributed by atoms with van der Waals surface area (Å²) in [5, 5.41) is 20.3. The maximum absolute atomic E-state index is 12.8. The van der Waals surface area contributed by atoms with Crippen LogP contribution in [0.1, 0.15) is 17.0 Å². The number of fused-ring (bicyclic) bond motifs is 3. The maximum Gasteiger partial charge on any atom is 0.414 e. The maximum atomic E-state index is 12.8. The van der Waals surface area contributed by atoms with E-state index >= 15 is 0 Å². The normalized spacial score (nSPS) is 12.5. The molecular weight excluding hydrogens is 490 g/mol. The fourth-order valence-electron chi connectivity index (χ4n) is 4.13. The number of sulfonamides is 1. The second-order valence-corrected chi connectivity index (χ2v) is 9.76. The number of benzene rings is 3.